The van der Waals surface area contributed by atoms with E-state index in [0.29, 0.717) is 12.5 Å². The van der Waals surface area contributed by atoms with Crippen LogP contribution in [0.5, 0.6) is 0 Å². The molecule has 3 nitrogen and oxygen atoms in total. The molecule has 0 aromatic rings. The van der Waals surface area contributed by atoms with Crippen molar-refractivity contribution in [2.75, 3.05) is 13.1 Å². The molecule has 0 aliphatic carbocycles. The third-order valence-electron chi connectivity index (χ3n) is 4.99. The fourth-order valence-electron chi connectivity index (χ4n) is 3.25. The van der Waals surface area contributed by atoms with E-state index in [2.05, 4.69) is 25.7 Å². The van der Waals surface area contributed by atoms with Gasteiger partial charge in [-0.25, -0.2) is 0 Å². The Balaban J connectivity index is 0. The van der Waals surface area contributed by atoms with Gasteiger partial charge in [0.2, 0.25) is 0 Å². The van der Waals surface area contributed by atoms with Crippen LogP contribution in [0.25, 0.3) is 0 Å². The molecule has 1 unspecified atom stereocenters. The Bertz CT molecular complexity index is 271. The Hall–Kier alpha value is 1.07. The van der Waals surface area contributed by atoms with Crippen molar-refractivity contribution in [3.63, 3.8) is 0 Å². The van der Waals surface area contributed by atoms with Crippen molar-refractivity contribution in [3.05, 3.63) is 0 Å². The predicted molar refractivity (Wildman–Crippen MR) is 102 cm³/mol. The van der Waals surface area contributed by atoms with Crippen LogP contribution in [-0.2, 0) is 4.79 Å². The van der Waals surface area contributed by atoms with Gasteiger partial charge >= 0.3 is 51.4 Å². The molecule has 0 fully saturated rings. The van der Waals surface area contributed by atoms with Crippen LogP contribution in [0.2, 0.25) is 0 Å². The van der Waals surface area contributed by atoms with Gasteiger partial charge in [0.25, 0.3) is 0 Å². The molecule has 0 N–H and O–H groups in total. The van der Waals surface area contributed by atoms with Crippen LogP contribution in [0.3, 0.4) is 0 Å². The molecule has 0 bridgehead atoms. The smallest absolute Gasteiger partial charge is 0.550 e. The van der Waals surface area contributed by atoms with Crippen LogP contribution in [0.4, 0.5) is 0 Å². The van der Waals surface area contributed by atoms with Crippen molar-refractivity contribution < 1.29 is 61.3 Å². The van der Waals surface area contributed by atoms with E-state index in [1.165, 1.54) is 77.0 Å². The first-order valence-corrected chi connectivity index (χ1v) is 10.6. The molecule has 0 aromatic heterocycles. The van der Waals surface area contributed by atoms with Crippen LogP contribution in [0.15, 0.2) is 0 Å². The van der Waals surface area contributed by atoms with Crippen molar-refractivity contribution in [2.24, 2.45) is 0 Å². The van der Waals surface area contributed by atoms with Crippen LogP contribution >= 0.6 is 0 Å². The topological polar surface area (TPSA) is 43.4 Å². The average Bonchev–Trinajstić information content (AvgIpc) is 2.56. The number of carboxylic acid groups (broad SMARTS) is 1. The van der Waals surface area contributed by atoms with Gasteiger partial charge in [0.1, 0.15) is 0 Å². The largest absolute Gasteiger partial charge is 1.00 e. The van der Waals surface area contributed by atoms with E-state index < -0.39 is 5.97 Å². The van der Waals surface area contributed by atoms with Crippen molar-refractivity contribution in [3.8, 4) is 0 Å². The van der Waals surface area contributed by atoms with Gasteiger partial charge in [0, 0.05) is 12.0 Å². The first-order chi connectivity index (χ1) is 11.6. The molecule has 0 amide bonds. The van der Waals surface area contributed by atoms with E-state index in [4.69, 9.17) is 0 Å². The number of carboxylic acids is 1. The minimum absolute atomic E-state index is 0. The Labute approximate surface area is 200 Å². The number of rotatable bonds is 18. The van der Waals surface area contributed by atoms with E-state index >= 15 is 0 Å². The molecule has 144 valence electrons. The van der Waals surface area contributed by atoms with E-state index in [0.717, 1.165) is 13.1 Å². The molecule has 1 atom stereocenters. The fraction of sp³-hybridized carbons (Fsp3) is 0.952. The van der Waals surface area contributed by atoms with E-state index in [-0.39, 0.29) is 57.8 Å². The van der Waals surface area contributed by atoms with Gasteiger partial charge in [-0.15, -0.1) is 0 Å². The molecular weight excluding hydrogens is 337 g/mol. The second-order valence-electron chi connectivity index (χ2n) is 7.33. The molecule has 0 saturated heterocycles. The molecular formula is C21H42KNO2. The second kappa shape index (κ2) is 21.4. The zero-order valence-electron chi connectivity index (χ0n) is 17.7. The molecule has 25 heavy (non-hydrogen) atoms. The second-order valence-corrected chi connectivity index (χ2v) is 7.33. The monoisotopic (exact) mass is 379 g/mol. The SMILES string of the molecule is CCCCCCCCN(CCCCCCCC)C(C)CCC(=O)[O-].[K+]. The summed E-state index contributed by atoms with van der Waals surface area (Å²) in [5, 5.41) is 10.7. The van der Waals surface area contributed by atoms with Crippen molar-refractivity contribution in [2.45, 2.75) is 117 Å². The van der Waals surface area contributed by atoms with E-state index in [1.807, 2.05) is 0 Å². The number of aliphatic carboxylic acids is 1. The molecule has 0 aromatic carbocycles. The summed E-state index contributed by atoms with van der Waals surface area (Å²) in [5.74, 6) is -0.916. The number of hydrogen-bond donors (Lipinski definition) is 0. The number of carbonyl (C=O) groups excluding carboxylic acids is 1. The Morgan fingerprint density at radius 3 is 1.60 bits per heavy atom. The summed E-state index contributed by atoms with van der Waals surface area (Å²) in [4.78, 5) is 13.2. The zero-order chi connectivity index (χ0) is 18.0. The summed E-state index contributed by atoms with van der Waals surface area (Å²) in [5.41, 5.74) is 0. The summed E-state index contributed by atoms with van der Waals surface area (Å²) in [6.45, 7) is 8.92. The number of carbonyl (C=O) groups is 1. The van der Waals surface area contributed by atoms with Crippen molar-refractivity contribution in [1.29, 1.82) is 0 Å². The van der Waals surface area contributed by atoms with Crippen molar-refractivity contribution in [1.82, 2.24) is 4.90 Å². The van der Waals surface area contributed by atoms with Gasteiger partial charge in [-0.2, -0.15) is 0 Å². The summed E-state index contributed by atoms with van der Waals surface area (Å²) in [6, 6.07) is 0.356. The van der Waals surface area contributed by atoms with Crippen molar-refractivity contribution >= 4 is 5.97 Å². The van der Waals surface area contributed by atoms with Crippen LogP contribution < -0.4 is 56.5 Å². The molecule has 0 rings (SSSR count). The minimum Gasteiger partial charge on any atom is -0.550 e. The first-order valence-electron chi connectivity index (χ1n) is 10.6. The van der Waals surface area contributed by atoms with Crippen LogP contribution in [0, 0.1) is 0 Å². The molecule has 0 saturated carbocycles. The maximum Gasteiger partial charge on any atom is 1.00 e. The molecule has 0 aliphatic rings. The third kappa shape index (κ3) is 19.6. The maximum absolute atomic E-state index is 10.7. The van der Waals surface area contributed by atoms with Gasteiger partial charge in [-0.05, 0) is 45.7 Å². The van der Waals surface area contributed by atoms with Gasteiger partial charge < -0.3 is 14.8 Å². The quantitative estimate of drug-likeness (QED) is 0.270. The van der Waals surface area contributed by atoms with Crippen LogP contribution in [0.1, 0.15) is 111 Å². The van der Waals surface area contributed by atoms with Gasteiger partial charge in [-0.3, -0.25) is 0 Å². The Morgan fingerprint density at radius 2 is 1.20 bits per heavy atom. The number of hydrogen-bond acceptors (Lipinski definition) is 3. The first kappa shape index (κ1) is 28.3. The third-order valence-corrected chi connectivity index (χ3v) is 4.99. The summed E-state index contributed by atoms with van der Waals surface area (Å²) in [6.07, 6.45) is 16.7. The standard InChI is InChI=1S/C21H43NO2.K/c1-4-6-8-10-12-14-18-22(20(3)16-17-21(23)24)19-15-13-11-9-7-5-2;/h20H,4-19H2,1-3H3,(H,23,24);/q;+1/p-1. The average molecular weight is 380 g/mol. The predicted octanol–water partition coefficient (Wildman–Crippen LogP) is 1.93. The molecule has 4 heteroatoms. The number of nitrogens with zero attached hydrogens (tertiary/aromatic N) is 1. The van der Waals surface area contributed by atoms with Gasteiger partial charge in [0.05, 0.1) is 0 Å². The Kier molecular flexibility index (Phi) is 24.2. The molecule has 0 radical (unpaired) electrons. The summed E-state index contributed by atoms with van der Waals surface area (Å²) >= 11 is 0. The number of unbranched alkanes of at least 4 members (excludes halogenated alkanes) is 10. The van der Waals surface area contributed by atoms with Gasteiger partial charge in [0.15, 0.2) is 0 Å². The molecule has 0 spiro atoms. The van der Waals surface area contributed by atoms with E-state index in [1.54, 1.807) is 0 Å². The normalized spacial score (nSPS) is 12.2. The molecule has 0 aliphatic heterocycles. The maximum atomic E-state index is 10.7. The van der Waals surface area contributed by atoms with Gasteiger partial charge in [-0.1, -0.05) is 78.1 Å². The van der Waals surface area contributed by atoms with Crippen LogP contribution in [-0.4, -0.2) is 30.0 Å². The summed E-state index contributed by atoms with van der Waals surface area (Å²) < 4.78 is 0. The minimum atomic E-state index is -0.916. The Morgan fingerprint density at radius 1 is 0.800 bits per heavy atom. The fourth-order valence-corrected chi connectivity index (χ4v) is 3.25. The summed E-state index contributed by atoms with van der Waals surface area (Å²) in [7, 11) is 0. The molecule has 0 heterocycles. The van der Waals surface area contributed by atoms with E-state index in [9.17, 15) is 9.90 Å². The zero-order valence-corrected chi connectivity index (χ0v) is 20.8.